The molecule has 5 nitrogen and oxygen atoms in total. The van der Waals surface area contributed by atoms with E-state index in [1.165, 1.54) is 11.1 Å². The second-order valence-corrected chi connectivity index (χ2v) is 7.45. The smallest absolute Gasteiger partial charge is 0.119 e. The number of aryl methyl sites for hydroxylation is 1. The van der Waals surface area contributed by atoms with Gasteiger partial charge in [0.05, 0.1) is 13.2 Å². The summed E-state index contributed by atoms with van der Waals surface area (Å²) in [7, 11) is 0. The fourth-order valence-corrected chi connectivity index (χ4v) is 3.35. The molecule has 0 amide bonds. The summed E-state index contributed by atoms with van der Waals surface area (Å²) in [6.45, 7) is 9.31. The molecule has 0 saturated carbocycles. The molecule has 0 aliphatic carbocycles. The van der Waals surface area contributed by atoms with Crippen LogP contribution in [0.1, 0.15) is 11.1 Å². The van der Waals surface area contributed by atoms with E-state index in [9.17, 15) is 5.11 Å². The quantitative estimate of drug-likeness (QED) is 0.682. The molecule has 1 N–H and O–H groups in total. The van der Waals surface area contributed by atoms with Crippen LogP contribution in [0.15, 0.2) is 54.6 Å². The van der Waals surface area contributed by atoms with Crippen LogP contribution in [-0.2, 0) is 11.3 Å². The molecule has 28 heavy (non-hydrogen) atoms. The van der Waals surface area contributed by atoms with E-state index in [-0.39, 0.29) is 0 Å². The Kier molecular flexibility index (Phi) is 8.30. The van der Waals surface area contributed by atoms with Gasteiger partial charge in [-0.3, -0.25) is 9.80 Å². The number of rotatable bonds is 10. The van der Waals surface area contributed by atoms with Crippen molar-refractivity contribution in [2.75, 3.05) is 52.5 Å². The van der Waals surface area contributed by atoms with Gasteiger partial charge in [-0.1, -0.05) is 48.0 Å². The molecule has 3 rings (SSSR count). The maximum Gasteiger partial charge on any atom is 0.119 e. The van der Waals surface area contributed by atoms with Crippen LogP contribution in [0, 0.1) is 6.92 Å². The molecule has 0 spiro atoms. The van der Waals surface area contributed by atoms with Gasteiger partial charge in [0.2, 0.25) is 0 Å². The molecular weight excluding hydrogens is 352 g/mol. The third kappa shape index (κ3) is 7.24. The maximum atomic E-state index is 10.5. The minimum absolute atomic E-state index is 0.298. The second-order valence-electron chi connectivity index (χ2n) is 7.45. The molecule has 1 atom stereocenters. The van der Waals surface area contributed by atoms with Crippen molar-refractivity contribution >= 4 is 0 Å². The first-order valence-electron chi connectivity index (χ1n) is 10.1. The summed E-state index contributed by atoms with van der Waals surface area (Å²) in [6, 6.07) is 18.3. The average Bonchev–Trinajstić information content (AvgIpc) is 2.74. The molecule has 1 aliphatic heterocycles. The van der Waals surface area contributed by atoms with Gasteiger partial charge in [0.15, 0.2) is 0 Å². The van der Waals surface area contributed by atoms with Crippen LogP contribution in [0.5, 0.6) is 5.75 Å². The zero-order valence-electron chi connectivity index (χ0n) is 16.8. The molecule has 1 aliphatic rings. The Hall–Kier alpha value is -1.92. The summed E-state index contributed by atoms with van der Waals surface area (Å²) in [5.41, 5.74) is 2.53. The summed E-state index contributed by atoms with van der Waals surface area (Å²) in [5.74, 6) is 0.792. The highest BCUT2D eigenvalue weighted by molar-refractivity contribution is 5.22. The molecule has 0 radical (unpaired) electrons. The highest BCUT2D eigenvalue weighted by atomic mass is 16.5. The SMILES string of the molecule is Cc1ccc(CN(CCN2CCOCC2)CC(O)COc2ccccc2)cc1. The van der Waals surface area contributed by atoms with E-state index < -0.39 is 6.10 Å². The summed E-state index contributed by atoms with van der Waals surface area (Å²) < 4.78 is 11.2. The van der Waals surface area contributed by atoms with E-state index in [0.717, 1.165) is 51.7 Å². The zero-order chi connectivity index (χ0) is 19.6. The summed E-state index contributed by atoms with van der Waals surface area (Å²) >= 11 is 0. The fraction of sp³-hybridized carbons (Fsp3) is 0.478. The lowest BCUT2D eigenvalue weighted by molar-refractivity contribution is 0.0256. The minimum Gasteiger partial charge on any atom is -0.491 e. The third-order valence-corrected chi connectivity index (χ3v) is 5.02. The van der Waals surface area contributed by atoms with Crippen molar-refractivity contribution in [1.82, 2.24) is 9.80 Å². The topological polar surface area (TPSA) is 45.2 Å². The van der Waals surface area contributed by atoms with Gasteiger partial charge in [-0.2, -0.15) is 0 Å². The van der Waals surface area contributed by atoms with E-state index in [4.69, 9.17) is 9.47 Å². The third-order valence-electron chi connectivity index (χ3n) is 5.02. The lowest BCUT2D eigenvalue weighted by Gasteiger charge is -2.31. The summed E-state index contributed by atoms with van der Waals surface area (Å²) in [4.78, 5) is 4.75. The number of para-hydroxylation sites is 1. The Morgan fingerprint density at radius 2 is 1.79 bits per heavy atom. The highest BCUT2D eigenvalue weighted by Gasteiger charge is 2.16. The van der Waals surface area contributed by atoms with Crippen molar-refractivity contribution in [1.29, 1.82) is 0 Å². The predicted molar refractivity (Wildman–Crippen MR) is 112 cm³/mol. The molecule has 2 aromatic carbocycles. The van der Waals surface area contributed by atoms with E-state index >= 15 is 0 Å². The standard InChI is InChI=1S/C23H32N2O3/c1-20-7-9-21(10-8-20)17-25(12-11-24-13-15-27-16-14-24)18-22(26)19-28-23-5-3-2-4-6-23/h2-10,22,26H,11-19H2,1H3. The van der Waals surface area contributed by atoms with Crippen LogP contribution in [0.2, 0.25) is 0 Å². The number of benzene rings is 2. The Morgan fingerprint density at radius 1 is 1.07 bits per heavy atom. The molecule has 5 heteroatoms. The Labute approximate surface area is 168 Å². The first-order chi connectivity index (χ1) is 13.7. The molecular formula is C23H32N2O3. The maximum absolute atomic E-state index is 10.5. The van der Waals surface area contributed by atoms with Gasteiger partial charge in [-0.25, -0.2) is 0 Å². The van der Waals surface area contributed by atoms with Crippen molar-refractivity contribution in [2.24, 2.45) is 0 Å². The number of hydrogen-bond donors (Lipinski definition) is 1. The second kappa shape index (κ2) is 11.2. The molecule has 152 valence electrons. The number of hydrogen-bond acceptors (Lipinski definition) is 5. The normalized spacial score (nSPS) is 16.2. The van der Waals surface area contributed by atoms with Crippen molar-refractivity contribution in [3.05, 3.63) is 65.7 Å². The fourth-order valence-electron chi connectivity index (χ4n) is 3.35. The van der Waals surface area contributed by atoms with Crippen LogP contribution in [-0.4, -0.2) is 73.6 Å². The number of aliphatic hydroxyl groups is 1. The van der Waals surface area contributed by atoms with E-state index in [2.05, 4.69) is 41.0 Å². The average molecular weight is 385 g/mol. The van der Waals surface area contributed by atoms with Crippen LogP contribution in [0.3, 0.4) is 0 Å². The molecule has 0 bridgehead atoms. The van der Waals surface area contributed by atoms with Crippen LogP contribution in [0.4, 0.5) is 0 Å². The van der Waals surface area contributed by atoms with Gasteiger partial charge in [-0.05, 0) is 24.6 Å². The molecule has 0 aromatic heterocycles. The Bertz CT molecular complexity index is 672. The molecule has 1 heterocycles. The lowest BCUT2D eigenvalue weighted by Crippen LogP contribution is -2.43. The molecule has 1 saturated heterocycles. The zero-order valence-corrected chi connectivity index (χ0v) is 16.8. The number of aliphatic hydroxyl groups excluding tert-OH is 1. The van der Waals surface area contributed by atoms with Gasteiger partial charge in [0, 0.05) is 39.3 Å². The van der Waals surface area contributed by atoms with Crippen molar-refractivity contribution < 1.29 is 14.6 Å². The molecule has 1 unspecified atom stereocenters. The van der Waals surface area contributed by atoms with Crippen molar-refractivity contribution in [3.63, 3.8) is 0 Å². The van der Waals surface area contributed by atoms with Gasteiger partial charge < -0.3 is 14.6 Å². The van der Waals surface area contributed by atoms with Gasteiger partial charge in [0.1, 0.15) is 18.5 Å². The molecule has 1 fully saturated rings. The van der Waals surface area contributed by atoms with Crippen molar-refractivity contribution in [3.8, 4) is 5.75 Å². The number of ether oxygens (including phenoxy) is 2. The van der Waals surface area contributed by atoms with Crippen LogP contribution < -0.4 is 4.74 Å². The first kappa shape index (κ1) is 20.8. The largest absolute Gasteiger partial charge is 0.491 e. The minimum atomic E-state index is -0.532. The summed E-state index contributed by atoms with van der Waals surface area (Å²) in [6.07, 6.45) is -0.532. The first-order valence-corrected chi connectivity index (χ1v) is 10.1. The predicted octanol–water partition coefficient (Wildman–Crippen LogP) is 2.57. The van der Waals surface area contributed by atoms with Crippen LogP contribution in [0.25, 0.3) is 0 Å². The number of morpholine rings is 1. The summed E-state index contributed by atoms with van der Waals surface area (Å²) in [5, 5.41) is 10.5. The van der Waals surface area contributed by atoms with Gasteiger partial charge >= 0.3 is 0 Å². The Balaban J connectivity index is 1.53. The monoisotopic (exact) mass is 384 g/mol. The van der Waals surface area contributed by atoms with E-state index in [1.807, 2.05) is 30.3 Å². The van der Waals surface area contributed by atoms with Gasteiger partial charge in [0.25, 0.3) is 0 Å². The van der Waals surface area contributed by atoms with E-state index in [1.54, 1.807) is 0 Å². The van der Waals surface area contributed by atoms with E-state index in [0.29, 0.717) is 13.2 Å². The van der Waals surface area contributed by atoms with Gasteiger partial charge in [-0.15, -0.1) is 0 Å². The van der Waals surface area contributed by atoms with Crippen molar-refractivity contribution in [2.45, 2.75) is 19.6 Å². The molecule has 2 aromatic rings. The Morgan fingerprint density at radius 3 is 2.50 bits per heavy atom. The highest BCUT2D eigenvalue weighted by Crippen LogP contribution is 2.11. The van der Waals surface area contributed by atoms with Crippen LogP contribution >= 0.6 is 0 Å². The lowest BCUT2D eigenvalue weighted by atomic mass is 10.1. The number of nitrogens with zero attached hydrogens (tertiary/aromatic N) is 2.